The highest BCUT2D eigenvalue weighted by Gasteiger charge is 2.21. The zero-order valence-electron chi connectivity index (χ0n) is 15.8. The van der Waals surface area contributed by atoms with E-state index in [1.807, 2.05) is 5.38 Å². The first-order valence-corrected chi connectivity index (χ1v) is 9.68. The second-order valence-corrected chi connectivity index (χ2v) is 6.82. The van der Waals surface area contributed by atoms with Gasteiger partial charge in [0.1, 0.15) is 11.4 Å². The Labute approximate surface area is 158 Å². The Morgan fingerprint density at radius 1 is 1.08 bits per heavy atom. The first-order valence-electron chi connectivity index (χ1n) is 8.80. The van der Waals surface area contributed by atoms with Crippen LogP contribution in [0.4, 0.5) is 0 Å². The second kappa shape index (κ2) is 10.1. The molecule has 6 nitrogen and oxygen atoms in total. The number of aromatic nitrogens is 2. The standard InChI is InChI=1S/C19H26N2O4S/c1-5-6-7-8-9-10-16-20-14(12-26-16)17-18(24-3)15(23-2)11-13(21-17)19(22)25-4/h11-12H,5-10H2,1-4H3. The van der Waals surface area contributed by atoms with E-state index in [0.717, 1.165) is 17.8 Å². The number of pyridine rings is 1. The number of thiazole rings is 1. The number of unbranched alkanes of at least 4 members (excludes halogenated alkanes) is 4. The lowest BCUT2D eigenvalue weighted by Crippen LogP contribution is -2.07. The van der Waals surface area contributed by atoms with Crippen molar-refractivity contribution in [3.63, 3.8) is 0 Å². The van der Waals surface area contributed by atoms with Crippen LogP contribution in [0, 0.1) is 0 Å². The predicted molar refractivity (Wildman–Crippen MR) is 102 cm³/mol. The Morgan fingerprint density at radius 2 is 1.85 bits per heavy atom. The smallest absolute Gasteiger partial charge is 0.356 e. The Balaban J connectivity index is 2.25. The fourth-order valence-electron chi connectivity index (χ4n) is 2.66. The highest BCUT2D eigenvalue weighted by molar-refractivity contribution is 7.09. The van der Waals surface area contributed by atoms with Crippen LogP contribution in [0.5, 0.6) is 11.5 Å². The number of nitrogens with zero attached hydrogens (tertiary/aromatic N) is 2. The quantitative estimate of drug-likeness (QED) is 0.447. The van der Waals surface area contributed by atoms with E-state index in [0.29, 0.717) is 22.9 Å². The molecule has 0 atom stereocenters. The Morgan fingerprint density at radius 3 is 2.50 bits per heavy atom. The number of methoxy groups -OCH3 is 3. The maximum Gasteiger partial charge on any atom is 0.356 e. The molecule has 0 aromatic carbocycles. The van der Waals surface area contributed by atoms with Gasteiger partial charge >= 0.3 is 5.97 Å². The summed E-state index contributed by atoms with van der Waals surface area (Å²) in [5.41, 5.74) is 1.33. The molecule has 2 aromatic rings. The van der Waals surface area contributed by atoms with Gasteiger partial charge in [-0.2, -0.15) is 0 Å². The molecule has 0 radical (unpaired) electrons. The van der Waals surface area contributed by atoms with E-state index in [4.69, 9.17) is 14.2 Å². The summed E-state index contributed by atoms with van der Waals surface area (Å²) in [5, 5.41) is 3.00. The second-order valence-electron chi connectivity index (χ2n) is 5.87. The largest absolute Gasteiger partial charge is 0.493 e. The first kappa shape index (κ1) is 20.2. The van der Waals surface area contributed by atoms with Crippen LogP contribution in [0.25, 0.3) is 11.4 Å². The SMILES string of the molecule is CCCCCCCc1nc(-c2nc(C(=O)OC)cc(OC)c2OC)cs1. The molecule has 0 saturated heterocycles. The number of hydrogen-bond donors (Lipinski definition) is 0. The molecule has 7 heteroatoms. The van der Waals surface area contributed by atoms with Gasteiger partial charge in [-0.15, -0.1) is 11.3 Å². The minimum absolute atomic E-state index is 0.161. The van der Waals surface area contributed by atoms with Crippen LogP contribution in [0.3, 0.4) is 0 Å². The number of ether oxygens (including phenoxy) is 3. The molecule has 0 aliphatic rings. The summed E-state index contributed by atoms with van der Waals surface area (Å²) in [7, 11) is 4.38. The third-order valence-electron chi connectivity index (χ3n) is 4.05. The van der Waals surface area contributed by atoms with Crippen molar-refractivity contribution in [1.82, 2.24) is 9.97 Å². The molecule has 0 aliphatic heterocycles. The molecule has 2 heterocycles. The molecule has 0 aliphatic carbocycles. The van der Waals surface area contributed by atoms with E-state index in [-0.39, 0.29) is 5.69 Å². The van der Waals surface area contributed by atoms with Gasteiger partial charge in [0.25, 0.3) is 0 Å². The lowest BCUT2D eigenvalue weighted by Gasteiger charge is -2.12. The normalized spacial score (nSPS) is 10.6. The minimum Gasteiger partial charge on any atom is -0.493 e. The Bertz CT molecular complexity index is 730. The van der Waals surface area contributed by atoms with Crippen molar-refractivity contribution in [3.8, 4) is 22.9 Å². The number of aryl methyl sites for hydroxylation is 1. The zero-order valence-corrected chi connectivity index (χ0v) is 16.6. The van der Waals surface area contributed by atoms with Crippen molar-refractivity contribution in [1.29, 1.82) is 0 Å². The third kappa shape index (κ3) is 4.94. The van der Waals surface area contributed by atoms with Crippen molar-refractivity contribution in [2.75, 3.05) is 21.3 Å². The van der Waals surface area contributed by atoms with Gasteiger partial charge in [-0.1, -0.05) is 32.6 Å². The number of carbonyl (C=O) groups excluding carboxylic acids is 1. The van der Waals surface area contributed by atoms with Crippen LogP contribution in [-0.2, 0) is 11.2 Å². The molecule has 2 aromatic heterocycles. The number of esters is 1. The van der Waals surface area contributed by atoms with E-state index in [2.05, 4.69) is 16.9 Å². The van der Waals surface area contributed by atoms with Gasteiger partial charge in [0.15, 0.2) is 17.2 Å². The summed E-state index contributed by atoms with van der Waals surface area (Å²) in [6.45, 7) is 2.21. The lowest BCUT2D eigenvalue weighted by atomic mass is 10.1. The van der Waals surface area contributed by atoms with Gasteiger partial charge in [-0.05, 0) is 12.8 Å². The Kier molecular flexibility index (Phi) is 7.84. The summed E-state index contributed by atoms with van der Waals surface area (Å²) in [6, 6.07) is 1.51. The third-order valence-corrected chi connectivity index (χ3v) is 4.95. The van der Waals surface area contributed by atoms with Crippen LogP contribution in [0.1, 0.15) is 54.5 Å². The molecule has 2 rings (SSSR count). The van der Waals surface area contributed by atoms with Crippen molar-refractivity contribution in [2.24, 2.45) is 0 Å². The summed E-state index contributed by atoms with van der Waals surface area (Å²) in [6.07, 6.45) is 7.08. The predicted octanol–water partition coefficient (Wildman–Crippen LogP) is 4.52. The van der Waals surface area contributed by atoms with Crippen LogP contribution in [-0.4, -0.2) is 37.3 Å². The van der Waals surface area contributed by atoms with Gasteiger partial charge in [-0.25, -0.2) is 14.8 Å². The number of rotatable bonds is 10. The van der Waals surface area contributed by atoms with Crippen LogP contribution >= 0.6 is 11.3 Å². The highest BCUT2D eigenvalue weighted by atomic mass is 32.1. The van der Waals surface area contributed by atoms with E-state index >= 15 is 0 Å². The monoisotopic (exact) mass is 378 g/mol. The molecule has 0 saturated carbocycles. The van der Waals surface area contributed by atoms with Crippen LogP contribution in [0.2, 0.25) is 0 Å². The lowest BCUT2D eigenvalue weighted by molar-refractivity contribution is 0.0593. The van der Waals surface area contributed by atoms with Gasteiger partial charge in [-0.3, -0.25) is 0 Å². The molecule has 0 amide bonds. The molecular weight excluding hydrogens is 352 g/mol. The maximum absolute atomic E-state index is 11.9. The van der Waals surface area contributed by atoms with Gasteiger partial charge in [0.2, 0.25) is 0 Å². The van der Waals surface area contributed by atoms with E-state index in [1.54, 1.807) is 18.4 Å². The van der Waals surface area contributed by atoms with E-state index < -0.39 is 5.97 Å². The average Bonchev–Trinajstić information content (AvgIpc) is 3.14. The molecule has 0 fully saturated rings. The molecule has 0 bridgehead atoms. The Hall–Kier alpha value is -2.15. The molecular formula is C19H26N2O4S. The van der Waals surface area contributed by atoms with Crippen molar-refractivity contribution in [2.45, 2.75) is 45.4 Å². The molecule has 0 spiro atoms. The molecule has 26 heavy (non-hydrogen) atoms. The fraction of sp³-hybridized carbons (Fsp3) is 0.526. The summed E-state index contributed by atoms with van der Waals surface area (Å²) in [4.78, 5) is 21.0. The van der Waals surface area contributed by atoms with Crippen molar-refractivity contribution in [3.05, 3.63) is 22.1 Å². The number of hydrogen-bond acceptors (Lipinski definition) is 7. The molecule has 0 unspecified atom stereocenters. The molecule has 0 N–H and O–H groups in total. The summed E-state index contributed by atoms with van der Waals surface area (Å²) < 4.78 is 15.6. The topological polar surface area (TPSA) is 70.5 Å². The van der Waals surface area contributed by atoms with Crippen LogP contribution < -0.4 is 9.47 Å². The van der Waals surface area contributed by atoms with Gasteiger partial charge < -0.3 is 14.2 Å². The minimum atomic E-state index is -0.529. The van der Waals surface area contributed by atoms with Gasteiger partial charge in [0.05, 0.1) is 26.3 Å². The van der Waals surface area contributed by atoms with E-state index in [1.165, 1.54) is 46.0 Å². The van der Waals surface area contributed by atoms with Crippen molar-refractivity contribution >= 4 is 17.3 Å². The summed E-state index contributed by atoms with van der Waals surface area (Å²) >= 11 is 1.60. The molecule has 142 valence electrons. The first-order chi connectivity index (χ1) is 12.6. The summed E-state index contributed by atoms with van der Waals surface area (Å²) in [5.74, 6) is 0.352. The number of carbonyl (C=O) groups is 1. The van der Waals surface area contributed by atoms with Crippen molar-refractivity contribution < 1.29 is 19.0 Å². The maximum atomic E-state index is 11.9. The zero-order chi connectivity index (χ0) is 18.9. The highest BCUT2D eigenvalue weighted by Crippen LogP contribution is 2.37. The van der Waals surface area contributed by atoms with Gasteiger partial charge in [0, 0.05) is 11.4 Å². The average molecular weight is 378 g/mol. The van der Waals surface area contributed by atoms with Crippen LogP contribution in [0.15, 0.2) is 11.4 Å². The van der Waals surface area contributed by atoms with E-state index in [9.17, 15) is 4.79 Å². The fourth-order valence-corrected chi connectivity index (χ4v) is 3.48.